The highest BCUT2D eigenvalue weighted by Gasteiger charge is 2.34. The standard InChI is InChI=1S/C10H11NO4/c1-11-4-7-5-2-3-6(12)9(13)8(5)10(14)15-7/h2-3,7,11-13H,4H2,1H3. The van der Waals surface area contributed by atoms with Gasteiger partial charge in [0.25, 0.3) is 0 Å². The zero-order chi connectivity index (χ0) is 11.0. The first kappa shape index (κ1) is 9.79. The summed E-state index contributed by atoms with van der Waals surface area (Å²) in [5.41, 5.74) is 0.667. The number of hydrogen-bond acceptors (Lipinski definition) is 5. The minimum Gasteiger partial charge on any atom is -0.504 e. The van der Waals surface area contributed by atoms with Gasteiger partial charge in [-0.05, 0) is 13.1 Å². The summed E-state index contributed by atoms with van der Waals surface area (Å²) in [5, 5.41) is 21.6. The van der Waals surface area contributed by atoms with Gasteiger partial charge >= 0.3 is 5.97 Å². The summed E-state index contributed by atoms with van der Waals surface area (Å²) in [5.74, 6) is -1.31. The maximum Gasteiger partial charge on any atom is 0.343 e. The molecule has 1 aromatic carbocycles. The van der Waals surface area contributed by atoms with Gasteiger partial charge in [0.05, 0.1) is 0 Å². The van der Waals surface area contributed by atoms with E-state index in [1.807, 2.05) is 0 Å². The Labute approximate surface area is 86.3 Å². The van der Waals surface area contributed by atoms with Crippen molar-refractivity contribution in [2.75, 3.05) is 13.6 Å². The van der Waals surface area contributed by atoms with Crippen molar-refractivity contribution >= 4 is 5.97 Å². The van der Waals surface area contributed by atoms with Crippen molar-refractivity contribution < 1.29 is 19.7 Å². The maximum atomic E-state index is 11.4. The highest BCUT2D eigenvalue weighted by Crippen LogP contribution is 2.40. The fourth-order valence-corrected chi connectivity index (χ4v) is 1.67. The summed E-state index contributed by atoms with van der Waals surface area (Å²) in [7, 11) is 1.74. The molecule has 0 radical (unpaired) electrons. The molecule has 1 aliphatic heterocycles. The second-order valence-corrected chi connectivity index (χ2v) is 3.35. The molecule has 1 atom stereocenters. The molecule has 15 heavy (non-hydrogen) atoms. The Bertz CT molecular complexity index is 416. The molecule has 1 aliphatic rings. The predicted octanol–water partition coefficient (Wildman–Crippen LogP) is 0.529. The summed E-state index contributed by atoms with van der Waals surface area (Å²) in [6.45, 7) is 0.475. The number of phenolic OH excluding ortho intramolecular Hbond substituents is 2. The quantitative estimate of drug-likeness (QED) is 0.489. The van der Waals surface area contributed by atoms with Crippen LogP contribution in [0, 0.1) is 0 Å². The SMILES string of the molecule is CNCC1OC(=O)c2c1ccc(O)c2O. The molecule has 80 valence electrons. The van der Waals surface area contributed by atoms with Gasteiger partial charge < -0.3 is 20.3 Å². The zero-order valence-electron chi connectivity index (χ0n) is 8.15. The highest BCUT2D eigenvalue weighted by molar-refractivity contribution is 5.97. The van der Waals surface area contributed by atoms with Gasteiger partial charge in [0.2, 0.25) is 0 Å². The number of rotatable bonds is 2. The molecule has 0 saturated heterocycles. The summed E-state index contributed by atoms with van der Waals surface area (Å²) >= 11 is 0. The Morgan fingerprint density at radius 3 is 2.87 bits per heavy atom. The van der Waals surface area contributed by atoms with E-state index in [2.05, 4.69) is 5.32 Å². The third kappa shape index (κ3) is 1.41. The van der Waals surface area contributed by atoms with E-state index in [4.69, 9.17) is 4.74 Å². The molecule has 0 bridgehead atoms. The third-order valence-corrected chi connectivity index (χ3v) is 2.38. The second kappa shape index (κ2) is 3.43. The largest absolute Gasteiger partial charge is 0.504 e. The lowest BCUT2D eigenvalue weighted by atomic mass is 10.0. The predicted molar refractivity (Wildman–Crippen MR) is 51.9 cm³/mol. The molecule has 5 nitrogen and oxygen atoms in total. The van der Waals surface area contributed by atoms with Crippen LogP contribution in [0.2, 0.25) is 0 Å². The minimum absolute atomic E-state index is 0.0650. The monoisotopic (exact) mass is 209 g/mol. The molecule has 0 amide bonds. The first-order valence-corrected chi connectivity index (χ1v) is 4.55. The van der Waals surface area contributed by atoms with Gasteiger partial charge in [-0.1, -0.05) is 6.07 Å². The maximum absolute atomic E-state index is 11.4. The van der Waals surface area contributed by atoms with Gasteiger partial charge in [0.15, 0.2) is 11.5 Å². The molecule has 2 rings (SSSR count). The van der Waals surface area contributed by atoms with Gasteiger partial charge in [-0.2, -0.15) is 0 Å². The average Bonchev–Trinajstić information content (AvgIpc) is 2.51. The van der Waals surface area contributed by atoms with Gasteiger partial charge in [-0.3, -0.25) is 0 Å². The molecule has 1 unspecified atom stereocenters. The number of phenols is 2. The molecule has 3 N–H and O–H groups in total. The number of nitrogens with one attached hydrogen (secondary N) is 1. The van der Waals surface area contributed by atoms with Crippen LogP contribution in [0.3, 0.4) is 0 Å². The molecule has 0 spiro atoms. The number of ether oxygens (including phenoxy) is 1. The number of hydrogen-bond donors (Lipinski definition) is 3. The summed E-state index contributed by atoms with van der Waals surface area (Å²) in [6.07, 6.45) is -0.399. The molecule has 0 fully saturated rings. The van der Waals surface area contributed by atoms with Crippen molar-refractivity contribution in [3.8, 4) is 11.5 Å². The highest BCUT2D eigenvalue weighted by atomic mass is 16.5. The van der Waals surface area contributed by atoms with E-state index in [-0.39, 0.29) is 11.3 Å². The first-order valence-electron chi connectivity index (χ1n) is 4.55. The number of fused-ring (bicyclic) bond motifs is 1. The lowest BCUT2D eigenvalue weighted by Gasteiger charge is -2.09. The summed E-state index contributed by atoms with van der Waals surface area (Å²) in [4.78, 5) is 11.4. The first-order chi connectivity index (χ1) is 7.15. The zero-order valence-corrected chi connectivity index (χ0v) is 8.15. The normalized spacial score (nSPS) is 18.7. The number of aromatic hydroxyl groups is 2. The number of cyclic esters (lactones) is 1. The van der Waals surface area contributed by atoms with Crippen LogP contribution in [0.4, 0.5) is 0 Å². The van der Waals surface area contributed by atoms with Gasteiger partial charge in [0, 0.05) is 12.1 Å². The number of benzene rings is 1. The van der Waals surface area contributed by atoms with Crippen LogP contribution in [0.25, 0.3) is 0 Å². The number of likely N-dealkylation sites (N-methyl/N-ethyl adjacent to an activating group) is 1. The fraction of sp³-hybridized carbons (Fsp3) is 0.300. The van der Waals surface area contributed by atoms with E-state index >= 15 is 0 Å². The fourth-order valence-electron chi connectivity index (χ4n) is 1.67. The van der Waals surface area contributed by atoms with Crippen molar-refractivity contribution in [3.05, 3.63) is 23.3 Å². The Morgan fingerprint density at radius 2 is 2.20 bits per heavy atom. The van der Waals surface area contributed by atoms with E-state index in [9.17, 15) is 15.0 Å². The van der Waals surface area contributed by atoms with Crippen LogP contribution in [0.15, 0.2) is 12.1 Å². The number of carbonyl (C=O) groups is 1. The smallest absolute Gasteiger partial charge is 0.343 e. The molecular weight excluding hydrogens is 198 g/mol. The van der Waals surface area contributed by atoms with Crippen LogP contribution in [-0.4, -0.2) is 29.8 Å². The van der Waals surface area contributed by atoms with Crippen molar-refractivity contribution in [1.82, 2.24) is 5.32 Å². The van der Waals surface area contributed by atoms with Crippen molar-refractivity contribution in [3.63, 3.8) is 0 Å². The molecule has 5 heteroatoms. The van der Waals surface area contributed by atoms with Crippen LogP contribution < -0.4 is 5.32 Å². The lowest BCUT2D eigenvalue weighted by molar-refractivity contribution is 0.0388. The Kier molecular flexibility index (Phi) is 2.24. The molecular formula is C10H11NO4. The third-order valence-electron chi connectivity index (χ3n) is 2.38. The van der Waals surface area contributed by atoms with E-state index in [1.165, 1.54) is 6.07 Å². The molecule has 1 aromatic rings. The second-order valence-electron chi connectivity index (χ2n) is 3.35. The Balaban J connectivity index is 2.50. The summed E-state index contributed by atoms with van der Waals surface area (Å²) < 4.78 is 5.04. The molecule has 0 saturated carbocycles. The topological polar surface area (TPSA) is 78.8 Å². The van der Waals surface area contributed by atoms with Crippen LogP contribution in [0.1, 0.15) is 22.0 Å². The lowest BCUT2D eigenvalue weighted by Crippen LogP contribution is -2.16. The van der Waals surface area contributed by atoms with E-state index < -0.39 is 17.8 Å². The minimum atomic E-state index is -0.598. The van der Waals surface area contributed by atoms with Crippen molar-refractivity contribution in [2.24, 2.45) is 0 Å². The van der Waals surface area contributed by atoms with E-state index in [0.717, 1.165) is 0 Å². The van der Waals surface area contributed by atoms with Crippen molar-refractivity contribution in [1.29, 1.82) is 0 Å². The summed E-state index contributed by atoms with van der Waals surface area (Å²) in [6, 6.07) is 2.93. The Hall–Kier alpha value is -1.75. The Morgan fingerprint density at radius 1 is 1.47 bits per heavy atom. The molecule has 0 aromatic heterocycles. The van der Waals surface area contributed by atoms with Crippen molar-refractivity contribution in [2.45, 2.75) is 6.10 Å². The van der Waals surface area contributed by atoms with Crippen LogP contribution >= 0.6 is 0 Å². The van der Waals surface area contributed by atoms with Crippen LogP contribution in [-0.2, 0) is 4.74 Å². The van der Waals surface area contributed by atoms with Crippen LogP contribution in [0.5, 0.6) is 11.5 Å². The van der Waals surface area contributed by atoms with Gasteiger partial charge in [0.1, 0.15) is 11.7 Å². The molecule has 0 aliphatic carbocycles. The number of carbonyl (C=O) groups excluding carboxylic acids is 1. The van der Waals surface area contributed by atoms with E-state index in [0.29, 0.717) is 12.1 Å². The van der Waals surface area contributed by atoms with Gasteiger partial charge in [-0.15, -0.1) is 0 Å². The van der Waals surface area contributed by atoms with E-state index in [1.54, 1.807) is 13.1 Å². The number of esters is 1. The van der Waals surface area contributed by atoms with Gasteiger partial charge in [-0.25, -0.2) is 4.79 Å². The average molecular weight is 209 g/mol. The molecule has 1 heterocycles.